The molecule has 0 radical (unpaired) electrons. The molecule has 2 N–H and O–H groups in total. The largest absolute Gasteiger partial charge is 0.487 e. The summed E-state index contributed by atoms with van der Waals surface area (Å²) in [6.07, 6.45) is 2.16. The Kier molecular flexibility index (Phi) is 5.57. The van der Waals surface area contributed by atoms with Crippen molar-refractivity contribution in [3.05, 3.63) is 43.8 Å². The van der Waals surface area contributed by atoms with Crippen LogP contribution in [0.5, 0.6) is 5.75 Å². The minimum Gasteiger partial charge on any atom is -0.487 e. The first-order valence-corrected chi connectivity index (χ1v) is 8.36. The average Bonchev–Trinajstić information content (AvgIpc) is 2.85. The molecule has 0 aliphatic heterocycles. The van der Waals surface area contributed by atoms with Crippen molar-refractivity contribution in [2.24, 2.45) is 5.73 Å². The van der Waals surface area contributed by atoms with Gasteiger partial charge < -0.3 is 10.5 Å². The van der Waals surface area contributed by atoms with E-state index in [1.165, 1.54) is 5.01 Å². The Bertz CT molecular complexity index is 583. The Labute approximate surface area is 132 Å². The minimum absolute atomic E-state index is 0.466. The summed E-state index contributed by atoms with van der Waals surface area (Å²) >= 11 is 5.19. The molecule has 0 bridgehead atoms. The number of thiazole rings is 1. The fraction of sp³-hybridized carbons (Fsp3) is 0.400. The fourth-order valence-electron chi connectivity index (χ4n) is 2.05. The van der Waals surface area contributed by atoms with Crippen LogP contribution in [-0.2, 0) is 19.6 Å². The van der Waals surface area contributed by atoms with Gasteiger partial charge in [-0.2, -0.15) is 0 Å². The number of benzene rings is 1. The van der Waals surface area contributed by atoms with Gasteiger partial charge in [-0.1, -0.05) is 22.9 Å². The Morgan fingerprint density at radius 1 is 1.40 bits per heavy atom. The van der Waals surface area contributed by atoms with Gasteiger partial charge in [-0.05, 0) is 37.5 Å². The quantitative estimate of drug-likeness (QED) is 0.845. The van der Waals surface area contributed by atoms with E-state index in [0.717, 1.165) is 39.9 Å². The molecule has 0 fully saturated rings. The first-order chi connectivity index (χ1) is 9.63. The summed E-state index contributed by atoms with van der Waals surface area (Å²) in [7, 11) is 0. The van der Waals surface area contributed by atoms with Gasteiger partial charge in [0.25, 0.3) is 0 Å². The van der Waals surface area contributed by atoms with Crippen LogP contribution in [-0.4, -0.2) is 4.98 Å². The van der Waals surface area contributed by atoms with Crippen molar-refractivity contribution in [3.63, 3.8) is 0 Å². The molecule has 0 spiro atoms. The number of rotatable bonds is 6. The molecule has 0 amide bonds. The highest BCUT2D eigenvalue weighted by molar-refractivity contribution is 9.10. The standard InChI is InChI=1S/C15H19BrN2OS/c1-3-4-14-18-13(9-20-14)8-19-15-10(2)5-12(16)6-11(15)7-17/h5-6,9H,3-4,7-8,17H2,1-2H3. The van der Waals surface area contributed by atoms with Crippen LogP contribution in [0.4, 0.5) is 0 Å². The fourth-order valence-corrected chi connectivity index (χ4v) is 3.55. The molecule has 0 saturated heterocycles. The molecule has 1 heterocycles. The van der Waals surface area contributed by atoms with E-state index in [4.69, 9.17) is 10.5 Å². The second-order valence-corrected chi connectivity index (χ2v) is 6.54. The predicted octanol–water partition coefficient (Wildman–Crippen LogP) is 4.20. The number of halogens is 1. The van der Waals surface area contributed by atoms with Gasteiger partial charge >= 0.3 is 0 Å². The summed E-state index contributed by atoms with van der Waals surface area (Å²) in [6, 6.07) is 4.05. The van der Waals surface area contributed by atoms with Crippen LogP contribution in [0.25, 0.3) is 0 Å². The summed E-state index contributed by atoms with van der Waals surface area (Å²) in [6.45, 7) is 5.16. The number of nitrogens with zero attached hydrogens (tertiary/aromatic N) is 1. The van der Waals surface area contributed by atoms with Crippen LogP contribution in [0.2, 0.25) is 0 Å². The molecule has 108 valence electrons. The molecule has 1 aromatic heterocycles. The van der Waals surface area contributed by atoms with Crippen molar-refractivity contribution in [2.75, 3.05) is 0 Å². The molecule has 0 atom stereocenters. The first-order valence-electron chi connectivity index (χ1n) is 6.69. The van der Waals surface area contributed by atoms with E-state index in [9.17, 15) is 0 Å². The van der Waals surface area contributed by atoms with E-state index in [-0.39, 0.29) is 0 Å². The zero-order valence-corrected chi connectivity index (χ0v) is 14.2. The first kappa shape index (κ1) is 15.5. The molecule has 2 aromatic rings. The zero-order chi connectivity index (χ0) is 14.5. The van der Waals surface area contributed by atoms with E-state index < -0.39 is 0 Å². The van der Waals surface area contributed by atoms with Gasteiger partial charge in [0.1, 0.15) is 12.4 Å². The maximum absolute atomic E-state index is 5.93. The summed E-state index contributed by atoms with van der Waals surface area (Å²) in [4.78, 5) is 4.57. The van der Waals surface area contributed by atoms with E-state index >= 15 is 0 Å². The van der Waals surface area contributed by atoms with Crippen molar-refractivity contribution in [1.82, 2.24) is 4.98 Å². The highest BCUT2D eigenvalue weighted by Crippen LogP contribution is 2.28. The van der Waals surface area contributed by atoms with E-state index in [2.05, 4.69) is 33.2 Å². The lowest BCUT2D eigenvalue weighted by Gasteiger charge is -2.13. The van der Waals surface area contributed by atoms with E-state index in [0.29, 0.717) is 13.2 Å². The number of aromatic nitrogens is 1. The van der Waals surface area contributed by atoms with Gasteiger partial charge in [0, 0.05) is 22.0 Å². The molecule has 0 unspecified atom stereocenters. The van der Waals surface area contributed by atoms with Crippen molar-refractivity contribution in [2.45, 2.75) is 39.8 Å². The third-order valence-electron chi connectivity index (χ3n) is 2.96. The van der Waals surface area contributed by atoms with Crippen LogP contribution in [0.1, 0.15) is 35.2 Å². The molecule has 3 nitrogen and oxygen atoms in total. The second kappa shape index (κ2) is 7.20. The molecule has 20 heavy (non-hydrogen) atoms. The Balaban J connectivity index is 2.10. The molecule has 1 aromatic carbocycles. The van der Waals surface area contributed by atoms with Crippen molar-refractivity contribution in [3.8, 4) is 5.75 Å². The third kappa shape index (κ3) is 3.81. The lowest BCUT2D eigenvalue weighted by Crippen LogP contribution is -2.05. The molecular formula is C15H19BrN2OS. The molecular weight excluding hydrogens is 336 g/mol. The summed E-state index contributed by atoms with van der Waals surface area (Å²) in [5.74, 6) is 0.876. The molecule has 0 aliphatic carbocycles. The van der Waals surface area contributed by atoms with Crippen molar-refractivity contribution in [1.29, 1.82) is 0 Å². The topological polar surface area (TPSA) is 48.1 Å². The number of nitrogens with two attached hydrogens (primary N) is 1. The maximum Gasteiger partial charge on any atom is 0.131 e. The van der Waals surface area contributed by atoms with Crippen LogP contribution in [0.15, 0.2) is 22.0 Å². The molecule has 0 saturated carbocycles. The van der Waals surface area contributed by atoms with Gasteiger partial charge in [-0.3, -0.25) is 0 Å². The van der Waals surface area contributed by atoms with Crippen LogP contribution >= 0.6 is 27.3 Å². The highest BCUT2D eigenvalue weighted by Gasteiger charge is 2.09. The van der Waals surface area contributed by atoms with Crippen molar-refractivity contribution < 1.29 is 4.74 Å². The van der Waals surface area contributed by atoms with Gasteiger partial charge in [-0.15, -0.1) is 11.3 Å². The Hall–Kier alpha value is -0.910. The summed E-state index contributed by atoms with van der Waals surface area (Å²) in [5.41, 5.74) is 8.88. The zero-order valence-electron chi connectivity index (χ0n) is 11.8. The number of aryl methyl sites for hydroxylation is 2. The highest BCUT2D eigenvalue weighted by atomic mass is 79.9. The van der Waals surface area contributed by atoms with Crippen LogP contribution in [0, 0.1) is 6.92 Å². The van der Waals surface area contributed by atoms with Crippen molar-refractivity contribution >= 4 is 27.3 Å². The lowest BCUT2D eigenvalue weighted by molar-refractivity contribution is 0.296. The number of hydrogen-bond acceptors (Lipinski definition) is 4. The Morgan fingerprint density at radius 2 is 2.20 bits per heavy atom. The third-order valence-corrected chi connectivity index (χ3v) is 4.38. The van der Waals surface area contributed by atoms with Gasteiger partial charge in [0.15, 0.2) is 0 Å². The summed E-state index contributed by atoms with van der Waals surface area (Å²) in [5, 5.41) is 3.25. The van der Waals surface area contributed by atoms with E-state index in [1.54, 1.807) is 11.3 Å². The average molecular weight is 355 g/mol. The van der Waals surface area contributed by atoms with Gasteiger partial charge in [-0.25, -0.2) is 4.98 Å². The second-order valence-electron chi connectivity index (χ2n) is 4.69. The molecule has 2 rings (SSSR count). The predicted molar refractivity (Wildman–Crippen MR) is 87.2 cm³/mol. The monoisotopic (exact) mass is 354 g/mol. The van der Waals surface area contributed by atoms with Gasteiger partial charge in [0.2, 0.25) is 0 Å². The van der Waals surface area contributed by atoms with Crippen LogP contribution < -0.4 is 10.5 Å². The lowest BCUT2D eigenvalue weighted by atomic mass is 10.1. The normalized spacial score (nSPS) is 10.8. The molecule has 5 heteroatoms. The maximum atomic E-state index is 5.93. The number of hydrogen-bond donors (Lipinski definition) is 1. The smallest absolute Gasteiger partial charge is 0.131 e. The molecule has 0 aliphatic rings. The van der Waals surface area contributed by atoms with E-state index in [1.807, 2.05) is 19.1 Å². The Morgan fingerprint density at radius 3 is 2.90 bits per heavy atom. The summed E-state index contributed by atoms with van der Waals surface area (Å²) < 4.78 is 6.96. The van der Waals surface area contributed by atoms with Gasteiger partial charge in [0.05, 0.1) is 10.7 Å². The number of ether oxygens (including phenoxy) is 1. The SMILES string of the molecule is CCCc1nc(COc2c(C)cc(Br)cc2CN)cs1. The van der Waals surface area contributed by atoms with Crippen LogP contribution in [0.3, 0.4) is 0 Å². The minimum atomic E-state index is 0.466.